The highest BCUT2D eigenvalue weighted by Gasteiger charge is 2.66. The van der Waals surface area contributed by atoms with Gasteiger partial charge in [-0.1, -0.05) is 6.07 Å². The molecule has 1 heterocycles. The van der Waals surface area contributed by atoms with Crippen LogP contribution in [0, 0.1) is 29.6 Å². The van der Waals surface area contributed by atoms with E-state index in [-0.39, 0.29) is 17.9 Å². The smallest absolute Gasteiger partial charge is 0.262 e. The molecule has 5 unspecified atom stereocenters. The summed E-state index contributed by atoms with van der Waals surface area (Å²) >= 11 is 6.79. The van der Waals surface area contributed by atoms with Gasteiger partial charge in [-0.25, -0.2) is 0 Å². The molecule has 3 fully saturated rings. The fourth-order valence-corrected chi connectivity index (χ4v) is 5.75. The van der Waals surface area contributed by atoms with E-state index in [1.165, 1.54) is 19.3 Å². The van der Waals surface area contributed by atoms with E-state index in [1.54, 1.807) is 0 Å². The highest BCUT2D eigenvalue weighted by atomic mass is 35.5. The molecule has 4 aliphatic rings. The molecule has 5 rings (SSSR count). The van der Waals surface area contributed by atoms with Gasteiger partial charge in [0.25, 0.3) is 5.91 Å². The molecule has 1 aliphatic heterocycles. The zero-order chi connectivity index (χ0) is 14.1. The maximum Gasteiger partial charge on any atom is 0.262 e. The Kier molecular flexibility index (Phi) is 2.44. The van der Waals surface area contributed by atoms with Crippen LogP contribution in [0.15, 0.2) is 18.2 Å². The lowest BCUT2D eigenvalue weighted by Gasteiger charge is -2.20. The number of nitrogens with one attached hydrogen (secondary N) is 1. The maximum absolute atomic E-state index is 11.4. The van der Waals surface area contributed by atoms with Crippen LogP contribution in [0.4, 0.5) is 5.69 Å². The highest BCUT2D eigenvalue weighted by Crippen LogP contribution is 2.73. The molecule has 2 bridgehead atoms. The zero-order valence-corrected chi connectivity index (χ0v) is 12.5. The van der Waals surface area contributed by atoms with Gasteiger partial charge < -0.3 is 10.1 Å². The van der Waals surface area contributed by atoms with Crippen LogP contribution in [0.2, 0.25) is 0 Å². The minimum absolute atomic E-state index is 0.0764. The van der Waals surface area contributed by atoms with Gasteiger partial charge in [-0.2, -0.15) is 0 Å². The molecule has 1 N–H and O–H groups in total. The number of ether oxygens (including phenoxy) is 1. The Hall–Kier alpha value is -1.22. The number of fused-ring (bicyclic) bond motifs is 6. The molecule has 0 spiro atoms. The molecule has 1 amide bonds. The monoisotopic (exact) mass is 303 g/mol. The summed E-state index contributed by atoms with van der Waals surface area (Å²) in [6.07, 6.45) is 4.28. The number of benzene rings is 1. The number of carbonyl (C=O) groups excluding carboxylic acids is 1. The number of alkyl halides is 1. The van der Waals surface area contributed by atoms with Crippen LogP contribution >= 0.6 is 11.6 Å². The molecule has 0 aromatic heterocycles. The maximum atomic E-state index is 11.4. The van der Waals surface area contributed by atoms with Crippen molar-refractivity contribution in [1.82, 2.24) is 0 Å². The van der Waals surface area contributed by atoms with Gasteiger partial charge in [0.05, 0.1) is 11.1 Å². The summed E-state index contributed by atoms with van der Waals surface area (Å²) in [6, 6.07) is 6.00. The number of anilines is 1. The molecule has 110 valence electrons. The molecule has 0 radical (unpaired) electrons. The van der Waals surface area contributed by atoms with Crippen molar-refractivity contribution in [2.45, 2.75) is 24.6 Å². The Labute approximate surface area is 129 Å². The standard InChI is InChI=1S/C17H18ClNO2/c18-17(16-14-8-1-2-9(5-8)15(14)16)10-3-4-12-11(6-10)19-13(20)7-21-12/h3-4,6,8-9,14-17H,1-2,5,7H2,(H,19,20). The lowest BCUT2D eigenvalue weighted by molar-refractivity contribution is -0.118. The topological polar surface area (TPSA) is 38.3 Å². The summed E-state index contributed by atoms with van der Waals surface area (Å²) < 4.78 is 5.41. The Morgan fingerprint density at radius 3 is 2.76 bits per heavy atom. The number of hydrogen-bond donors (Lipinski definition) is 1. The summed E-state index contributed by atoms with van der Waals surface area (Å²) in [5.74, 6) is 4.92. The molecule has 1 aromatic rings. The average Bonchev–Trinajstić information content (AvgIpc) is 2.92. The van der Waals surface area contributed by atoms with E-state index < -0.39 is 0 Å². The van der Waals surface area contributed by atoms with Crippen molar-refractivity contribution in [2.75, 3.05) is 11.9 Å². The summed E-state index contributed by atoms with van der Waals surface area (Å²) in [7, 11) is 0. The van der Waals surface area contributed by atoms with Crippen LogP contribution < -0.4 is 10.1 Å². The van der Waals surface area contributed by atoms with E-state index in [1.807, 2.05) is 12.1 Å². The van der Waals surface area contributed by atoms with E-state index in [9.17, 15) is 4.79 Å². The SMILES string of the molecule is O=C1COc2ccc(C(Cl)C3C4C5CCC(C5)C43)cc2N1. The van der Waals surface area contributed by atoms with Crippen LogP contribution in [0.3, 0.4) is 0 Å². The predicted molar refractivity (Wildman–Crippen MR) is 80.5 cm³/mol. The van der Waals surface area contributed by atoms with Crippen LogP contribution in [0.1, 0.15) is 30.2 Å². The van der Waals surface area contributed by atoms with Crippen molar-refractivity contribution in [2.24, 2.45) is 29.6 Å². The molecule has 3 saturated carbocycles. The normalized spacial score (nSPS) is 40.0. The fraction of sp³-hybridized carbons (Fsp3) is 0.588. The van der Waals surface area contributed by atoms with Crippen molar-refractivity contribution >= 4 is 23.2 Å². The van der Waals surface area contributed by atoms with Gasteiger partial charge in [0.2, 0.25) is 0 Å². The van der Waals surface area contributed by atoms with Crippen molar-refractivity contribution < 1.29 is 9.53 Å². The van der Waals surface area contributed by atoms with Gasteiger partial charge in [-0.05, 0) is 66.5 Å². The van der Waals surface area contributed by atoms with Crippen molar-refractivity contribution in [1.29, 1.82) is 0 Å². The van der Waals surface area contributed by atoms with E-state index in [4.69, 9.17) is 16.3 Å². The predicted octanol–water partition coefficient (Wildman–Crippen LogP) is 3.59. The van der Waals surface area contributed by atoms with Gasteiger partial charge in [0.15, 0.2) is 6.61 Å². The Balaban J connectivity index is 1.41. The first-order valence-corrected chi connectivity index (χ1v) is 8.36. The third-order valence-electron chi connectivity index (χ3n) is 6.09. The van der Waals surface area contributed by atoms with Crippen molar-refractivity contribution in [3.8, 4) is 5.75 Å². The van der Waals surface area contributed by atoms with Crippen LogP contribution in [-0.4, -0.2) is 12.5 Å². The van der Waals surface area contributed by atoms with E-state index in [0.29, 0.717) is 5.92 Å². The summed E-state index contributed by atoms with van der Waals surface area (Å²) in [6.45, 7) is 0.104. The van der Waals surface area contributed by atoms with E-state index in [0.717, 1.165) is 40.7 Å². The first-order valence-electron chi connectivity index (χ1n) is 7.93. The number of hydrogen-bond acceptors (Lipinski definition) is 2. The lowest BCUT2D eigenvalue weighted by atomic mass is 9.96. The lowest BCUT2D eigenvalue weighted by Crippen LogP contribution is -2.25. The summed E-state index contributed by atoms with van der Waals surface area (Å²) in [5, 5.41) is 2.95. The second-order valence-electron chi connectivity index (χ2n) is 7.06. The van der Waals surface area contributed by atoms with Crippen LogP contribution in [-0.2, 0) is 4.79 Å². The zero-order valence-electron chi connectivity index (χ0n) is 11.7. The Morgan fingerprint density at radius 1 is 1.24 bits per heavy atom. The molecule has 3 nitrogen and oxygen atoms in total. The molecule has 0 saturated heterocycles. The number of rotatable bonds is 2. The minimum atomic E-state index is -0.0906. The number of carbonyl (C=O) groups is 1. The fourth-order valence-electron chi connectivity index (χ4n) is 5.28. The molecule has 3 aliphatic carbocycles. The quantitative estimate of drug-likeness (QED) is 0.848. The molecular formula is C17H18ClNO2. The molecule has 4 heteroatoms. The van der Waals surface area contributed by atoms with E-state index in [2.05, 4.69) is 11.4 Å². The van der Waals surface area contributed by atoms with Crippen molar-refractivity contribution in [3.63, 3.8) is 0 Å². The third kappa shape index (κ3) is 1.70. The Morgan fingerprint density at radius 2 is 2.00 bits per heavy atom. The number of amides is 1. The largest absolute Gasteiger partial charge is 0.482 e. The molecule has 5 atom stereocenters. The van der Waals surface area contributed by atoms with Gasteiger partial charge in [0.1, 0.15) is 5.75 Å². The first-order chi connectivity index (χ1) is 10.2. The van der Waals surface area contributed by atoms with Gasteiger partial charge >= 0.3 is 0 Å². The van der Waals surface area contributed by atoms with Crippen LogP contribution in [0.25, 0.3) is 0 Å². The molecule has 21 heavy (non-hydrogen) atoms. The second-order valence-corrected chi connectivity index (χ2v) is 7.53. The number of halogens is 1. The van der Waals surface area contributed by atoms with Gasteiger partial charge in [0, 0.05) is 0 Å². The summed E-state index contributed by atoms with van der Waals surface area (Å²) in [4.78, 5) is 11.4. The average molecular weight is 304 g/mol. The molecular weight excluding hydrogens is 286 g/mol. The first kappa shape index (κ1) is 12.3. The minimum Gasteiger partial charge on any atom is -0.482 e. The second kappa shape index (κ2) is 4.16. The third-order valence-corrected chi connectivity index (χ3v) is 6.63. The van der Waals surface area contributed by atoms with Crippen LogP contribution in [0.5, 0.6) is 5.75 Å². The van der Waals surface area contributed by atoms with Crippen molar-refractivity contribution in [3.05, 3.63) is 23.8 Å². The highest BCUT2D eigenvalue weighted by molar-refractivity contribution is 6.21. The van der Waals surface area contributed by atoms with Gasteiger partial charge in [-0.3, -0.25) is 4.79 Å². The Bertz CT molecular complexity index is 615. The molecule has 1 aromatic carbocycles. The van der Waals surface area contributed by atoms with E-state index >= 15 is 0 Å². The summed E-state index contributed by atoms with van der Waals surface area (Å²) in [5.41, 5.74) is 1.89. The van der Waals surface area contributed by atoms with Gasteiger partial charge in [-0.15, -0.1) is 11.6 Å².